The van der Waals surface area contributed by atoms with E-state index in [2.05, 4.69) is 5.32 Å². The highest BCUT2D eigenvalue weighted by atomic mass is 19.4. The van der Waals surface area contributed by atoms with Crippen LogP contribution >= 0.6 is 0 Å². The van der Waals surface area contributed by atoms with E-state index in [1.54, 1.807) is 12.1 Å². The number of rotatable bonds is 3. The minimum absolute atomic E-state index is 0.287. The van der Waals surface area contributed by atoms with Gasteiger partial charge in [-0.05, 0) is 36.9 Å². The molecule has 0 saturated heterocycles. The Balaban J connectivity index is 2.13. The molecule has 1 nitrogen and oxygen atoms in total. The highest BCUT2D eigenvalue weighted by Gasteiger charge is 2.39. The first kappa shape index (κ1) is 14.4. The van der Waals surface area contributed by atoms with Gasteiger partial charge in [-0.3, -0.25) is 0 Å². The van der Waals surface area contributed by atoms with Gasteiger partial charge in [0, 0.05) is 0 Å². The van der Waals surface area contributed by atoms with Crippen LogP contribution in [0, 0.1) is 0 Å². The van der Waals surface area contributed by atoms with E-state index in [9.17, 15) is 13.2 Å². The van der Waals surface area contributed by atoms with Crippen LogP contribution in [0.2, 0.25) is 0 Å². The van der Waals surface area contributed by atoms with Crippen LogP contribution in [0.15, 0.2) is 24.3 Å². The predicted octanol–water partition coefficient (Wildman–Crippen LogP) is 4.56. The molecule has 4 heteroatoms. The Bertz CT molecular complexity index is 391. The number of hydrogen-bond acceptors (Lipinski definition) is 1. The molecule has 1 saturated carbocycles. The summed E-state index contributed by atoms with van der Waals surface area (Å²) in [5, 5.41) is 2.33. The molecule has 106 valence electrons. The maximum atomic E-state index is 12.8. The van der Waals surface area contributed by atoms with Crippen molar-refractivity contribution >= 4 is 0 Å². The third-order valence-corrected chi connectivity index (χ3v) is 3.96. The predicted molar refractivity (Wildman–Crippen MR) is 70.1 cm³/mol. The van der Waals surface area contributed by atoms with Crippen molar-refractivity contribution in [1.82, 2.24) is 5.32 Å². The highest BCUT2D eigenvalue weighted by molar-refractivity contribution is 5.28. The first-order valence-corrected chi connectivity index (χ1v) is 6.86. The Morgan fingerprint density at radius 2 is 1.63 bits per heavy atom. The third-order valence-electron chi connectivity index (χ3n) is 3.96. The fourth-order valence-corrected chi connectivity index (χ4v) is 2.92. The molecule has 1 aromatic carbocycles. The van der Waals surface area contributed by atoms with Gasteiger partial charge in [0.2, 0.25) is 0 Å². The van der Waals surface area contributed by atoms with Gasteiger partial charge in [0.15, 0.2) is 0 Å². The van der Waals surface area contributed by atoms with E-state index in [1.165, 1.54) is 31.9 Å². The van der Waals surface area contributed by atoms with Crippen LogP contribution in [0.1, 0.15) is 55.2 Å². The summed E-state index contributed by atoms with van der Waals surface area (Å²) >= 11 is 0. The van der Waals surface area contributed by atoms with Gasteiger partial charge in [-0.1, -0.05) is 43.5 Å². The molecule has 1 unspecified atom stereocenters. The number of alkyl halides is 3. The Kier molecular flexibility index (Phi) is 4.50. The lowest BCUT2D eigenvalue weighted by molar-refractivity contribution is -0.156. The van der Waals surface area contributed by atoms with Crippen LogP contribution in [0.4, 0.5) is 13.2 Å². The van der Waals surface area contributed by atoms with Crippen molar-refractivity contribution in [3.05, 3.63) is 35.4 Å². The van der Waals surface area contributed by atoms with Gasteiger partial charge in [-0.2, -0.15) is 13.2 Å². The van der Waals surface area contributed by atoms with Crippen LogP contribution in [-0.2, 0) is 0 Å². The smallest absolute Gasteiger partial charge is 0.306 e. The summed E-state index contributed by atoms with van der Waals surface area (Å²) in [6.45, 7) is 0. The Labute approximate surface area is 112 Å². The lowest BCUT2D eigenvalue weighted by Gasteiger charge is -2.23. The quantitative estimate of drug-likeness (QED) is 0.850. The summed E-state index contributed by atoms with van der Waals surface area (Å²) in [5.74, 6) is 0.529. The van der Waals surface area contributed by atoms with Crippen LogP contribution in [0.25, 0.3) is 0 Å². The number of hydrogen-bond donors (Lipinski definition) is 1. The van der Waals surface area contributed by atoms with E-state index >= 15 is 0 Å². The van der Waals surface area contributed by atoms with Gasteiger partial charge < -0.3 is 5.32 Å². The molecule has 0 spiro atoms. The number of benzene rings is 1. The maximum Gasteiger partial charge on any atom is 0.407 e. The minimum atomic E-state index is -4.25. The van der Waals surface area contributed by atoms with Gasteiger partial charge >= 0.3 is 6.18 Å². The Hall–Kier alpha value is -1.03. The largest absolute Gasteiger partial charge is 0.407 e. The summed E-state index contributed by atoms with van der Waals surface area (Å²) in [5.41, 5.74) is 1.47. The van der Waals surface area contributed by atoms with Crippen molar-refractivity contribution in [3.8, 4) is 0 Å². The molecular formula is C15H20F3N. The summed E-state index contributed by atoms with van der Waals surface area (Å²) in [7, 11) is 1.34. The van der Waals surface area contributed by atoms with E-state index < -0.39 is 12.2 Å². The molecule has 1 N–H and O–H groups in total. The maximum absolute atomic E-state index is 12.8. The molecular weight excluding hydrogens is 251 g/mol. The molecule has 1 atom stereocenters. The van der Waals surface area contributed by atoms with Crippen molar-refractivity contribution in [2.75, 3.05) is 7.05 Å². The molecule has 0 heterocycles. The van der Waals surface area contributed by atoms with Gasteiger partial charge in [-0.15, -0.1) is 0 Å². The molecule has 1 aliphatic rings. The van der Waals surface area contributed by atoms with Crippen LogP contribution in [0.3, 0.4) is 0 Å². The van der Waals surface area contributed by atoms with Crippen molar-refractivity contribution in [1.29, 1.82) is 0 Å². The molecule has 0 bridgehead atoms. The molecule has 1 aliphatic carbocycles. The topological polar surface area (TPSA) is 12.0 Å². The third kappa shape index (κ3) is 3.50. The molecule has 0 radical (unpaired) electrons. The second-order valence-electron chi connectivity index (χ2n) is 5.26. The molecule has 0 aromatic heterocycles. The van der Waals surface area contributed by atoms with Crippen molar-refractivity contribution < 1.29 is 13.2 Å². The van der Waals surface area contributed by atoms with E-state index in [0.717, 1.165) is 12.8 Å². The molecule has 1 aromatic rings. The molecule has 2 rings (SSSR count). The summed E-state index contributed by atoms with van der Waals surface area (Å²) < 4.78 is 38.4. The van der Waals surface area contributed by atoms with Gasteiger partial charge in [-0.25, -0.2) is 0 Å². The molecule has 1 fully saturated rings. The average Bonchev–Trinajstić information content (AvgIpc) is 2.40. The summed E-state index contributed by atoms with van der Waals surface area (Å²) in [6.07, 6.45) is 1.82. The van der Waals surface area contributed by atoms with E-state index in [0.29, 0.717) is 5.92 Å². The first-order chi connectivity index (χ1) is 9.02. The van der Waals surface area contributed by atoms with Crippen molar-refractivity contribution in [2.24, 2.45) is 0 Å². The van der Waals surface area contributed by atoms with E-state index in [1.807, 2.05) is 12.1 Å². The zero-order chi connectivity index (χ0) is 13.9. The average molecular weight is 271 g/mol. The standard InChI is InChI=1S/C15H20F3N/c1-19-14(15(16,17)18)13-9-7-12(8-10-13)11-5-3-2-4-6-11/h7-11,14,19H,2-6H2,1H3. The first-order valence-electron chi connectivity index (χ1n) is 6.86. The van der Waals surface area contributed by atoms with E-state index in [-0.39, 0.29) is 5.56 Å². The lowest BCUT2D eigenvalue weighted by atomic mass is 9.83. The fraction of sp³-hybridized carbons (Fsp3) is 0.600. The summed E-state index contributed by atoms with van der Waals surface area (Å²) in [4.78, 5) is 0. The van der Waals surface area contributed by atoms with Crippen LogP contribution in [0.5, 0.6) is 0 Å². The van der Waals surface area contributed by atoms with Crippen molar-refractivity contribution in [2.45, 2.75) is 50.2 Å². The highest BCUT2D eigenvalue weighted by Crippen LogP contribution is 2.35. The fourth-order valence-electron chi connectivity index (χ4n) is 2.92. The zero-order valence-electron chi connectivity index (χ0n) is 11.1. The number of nitrogens with one attached hydrogen (secondary N) is 1. The second kappa shape index (κ2) is 5.95. The summed E-state index contributed by atoms with van der Waals surface area (Å²) in [6, 6.07) is 5.37. The van der Waals surface area contributed by atoms with Gasteiger partial charge in [0.05, 0.1) is 0 Å². The van der Waals surface area contributed by atoms with Crippen molar-refractivity contribution in [3.63, 3.8) is 0 Å². The van der Waals surface area contributed by atoms with Crippen LogP contribution < -0.4 is 5.32 Å². The zero-order valence-corrected chi connectivity index (χ0v) is 11.1. The Morgan fingerprint density at radius 1 is 1.05 bits per heavy atom. The SMILES string of the molecule is CNC(c1ccc(C2CCCCC2)cc1)C(F)(F)F. The molecule has 0 aliphatic heterocycles. The Morgan fingerprint density at radius 3 is 2.11 bits per heavy atom. The molecule has 0 amide bonds. The monoisotopic (exact) mass is 271 g/mol. The van der Waals surface area contributed by atoms with E-state index in [4.69, 9.17) is 0 Å². The lowest BCUT2D eigenvalue weighted by Crippen LogP contribution is -2.31. The van der Waals surface area contributed by atoms with Gasteiger partial charge in [0.1, 0.15) is 6.04 Å². The van der Waals surface area contributed by atoms with Gasteiger partial charge in [0.25, 0.3) is 0 Å². The molecule has 19 heavy (non-hydrogen) atoms. The normalized spacial score (nSPS) is 19.4. The minimum Gasteiger partial charge on any atom is -0.306 e. The second-order valence-corrected chi connectivity index (χ2v) is 5.26. The number of halogens is 3. The van der Waals surface area contributed by atoms with Crippen LogP contribution in [-0.4, -0.2) is 13.2 Å².